The van der Waals surface area contributed by atoms with E-state index in [1.165, 1.54) is 4.31 Å². The summed E-state index contributed by atoms with van der Waals surface area (Å²) < 4.78 is 25.0. The lowest BCUT2D eigenvalue weighted by Crippen LogP contribution is -2.38. The molecule has 0 spiro atoms. The normalized spacial score (nSPS) is 11.4. The number of aryl methyl sites for hydroxylation is 1. The Bertz CT molecular complexity index is 746. The maximum Gasteiger partial charge on any atom is 0.239 e. The summed E-state index contributed by atoms with van der Waals surface area (Å²) in [5.41, 5.74) is 1.81. The molecule has 0 fully saturated rings. The van der Waals surface area contributed by atoms with Crippen molar-refractivity contribution in [2.75, 3.05) is 24.7 Å². The van der Waals surface area contributed by atoms with Crippen molar-refractivity contribution in [1.29, 1.82) is 0 Å². The monoisotopic (exact) mass is 346 g/mol. The molecule has 0 saturated heterocycles. The first kappa shape index (κ1) is 18.2. The number of nitrogens with zero attached hydrogens (tertiary/aromatic N) is 1. The summed E-state index contributed by atoms with van der Waals surface area (Å²) in [6.07, 6.45) is 2.56. The first-order valence-electron chi connectivity index (χ1n) is 7.79. The van der Waals surface area contributed by atoms with E-state index in [1.807, 2.05) is 48.5 Å². The molecular weight excluding hydrogens is 324 g/mol. The molecule has 0 unspecified atom stereocenters. The fourth-order valence-electron chi connectivity index (χ4n) is 2.35. The summed E-state index contributed by atoms with van der Waals surface area (Å²) in [7, 11) is -3.43. The maximum atomic E-state index is 12.1. The first-order chi connectivity index (χ1) is 11.4. The van der Waals surface area contributed by atoms with Gasteiger partial charge in [0.05, 0.1) is 12.8 Å². The molecule has 24 heavy (non-hydrogen) atoms. The molecule has 2 aromatic carbocycles. The minimum Gasteiger partial charge on any atom is -0.325 e. The van der Waals surface area contributed by atoms with Crippen molar-refractivity contribution >= 4 is 21.6 Å². The van der Waals surface area contributed by atoms with Gasteiger partial charge in [-0.05, 0) is 30.5 Å². The van der Waals surface area contributed by atoms with Crippen LogP contribution >= 0.6 is 0 Å². The van der Waals surface area contributed by atoms with Crippen molar-refractivity contribution < 1.29 is 13.2 Å². The number of benzene rings is 2. The second-order valence-corrected chi connectivity index (χ2v) is 7.58. The van der Waals surface area contributed by atoms with Gasteiger partial charge in [-0.1, -0.05) is 48.5 Å². The van der Waals surface area contributed by atoms with E-state index in [4.69, 9.17) is 0 Å². The highest BCUT2D eigenvalue weighted by Crippen LogP contribution is 2.08. The van der Waals surface area contributed by atoms with Gasteiger partial charge in [-0.2, -0.15) is 4.31 Å². The second-order valence-electron chi connectivity index (χ2n) is 5.60. The van der Waals surface area contributed by atoms with E-state index in [-0.39, 0.29) is 12.5 Å². The van der Waals surface area contributed by atoms with E-state index in [2.05, 4.69) is 5.32 Å². The number of carbonyl (C=O) groups excluding carboxylic acids is 1. The zero-order valence-electron chi connectivity index (χ0n) is 13.7. The Hall–Kier alpha value is -2.18. The largest absolute Gasteiger partial charge is 0.325 e. The lowest BCUT2D eigenvalue weighted by Gasteiger charge is -2.19. The zero-order chi connectivity index (χ0) is 17.4. The van der Waals surface area contributed by atoms with Crippen LogP contribution < -0.4 is 5.32 Å². The van der Waals surface area contributed by atoms with Gasteiger partial charge in [-0.15, -0.1) is 0 Å². The highest BCUT2D eigenvalue weighted by atomic mass is 32.2. The fourth-order valence-corrected chi connectivity index (χ4v) is 3.16. The molecule has 0 atom stereocenters. The highest BCUT2D eigenvalue weighted by molar-refractivity contribution is 7.88. The van der Waals surface area contributed by atoms with E-state index in [9.17, 15) is 13.2 Å². The molecule has 5 nitrogen and oxygen atoms in total. The number of hydrogen-bond acceptors (Lipinski definition) is 3. The SMILES string of the molecule is CS(=O)(=O)N(CCCc1ccccc1)CC(=O)Nc1ccccc1. The third-order valence-electron chi connectivity index (χ3n) is 3.56. The van der Waals surface area contributed by atoms with Crippen molar-refractivity contribution in [1.82, 2.24) is 4.31 Å². The van der Waals surface area contributed by atoms with Crippen molar-refractivity contribution in [3.63, 3.8) is 0 Å². The molecule has 0 aliphatic heterocycles. The van der Waals surface area contributed by atoms with Crippen LogP contribution in [0.15, 0.2) is 60.7 Å². The Morgan fingerprint density at radius 3 is 2.17 bits per heavy atom. The summed E-state index contributed by atoms with van der Waals surface area (Å²) in [5.74, 6) is -0.341. The molecule has 6 heteroatoms. The van der Waals surface area contributed by atoms with Crippen molar-refractivity contribution in [3.05, 3.63) is 66.2 Å². The predicted octanol–water partition coefficient (Wildman–Crippen LogP) is 2.52. The molecule has 0 heterocycles. The average molecular weight is 346 g/mol. The molecule has 2 aromatic rings. The van der Waals surface area contributed by atoms with Crippen LogP contribution in [0.25, 0.3) is 0 Å². The van der Waals surface area contributed by atoms with Crippen LogP contribution in [0, 0.1) is 0 Å². The third-order valence-corrected chi connectivity index (χ3v) is 4.81. The number of amides is 1. The topological polar surface area (TPSA) is 66.5 Å². The number of carbonyl (C=O) groups is 1. The van der Waals surface area contributed by atoms with Gasteiger partial charge in [-0.3, -0.25) is 4.79 Å². The molecule has 0 bridgehead atoms. The summed E-state index contributed by atoms with van der Waals surface area (Å²) in [4.78, 5) is 12.1. The van der Waals surface area contributed by atoms with Gasteiger partial charge in [0, 0.05) is 12.2 Å². The van der Waals surface area contributed by atoms with Gasteiger partial charge in [0.2, 0.25) is 15.9 Å². The van der Waals surface area contributed by atoms with E-state index in [0.29, 0.717) is 18.7 Å². The van der Waals surface area contributed by atoms with Gasteiger partial charge >= 0.3 is 0 Å². The van der Waals surface area contributed by atoms with E-state index < -0.39 is 10.0 Å². The first-order valence-corrected chi connectivity index (χ1v) is 9.64. The Labute approximate surface area is 143 Å². The molecule has 1 amide bonds. The minimum atomic E-state index is -3.43. The Morgan fingerprint density at radius 1 is 1.00 bits per heavy atom. The smallest absolute Gasteiger partial charge is 0.239 e. The maximum absolute atomic E-state index is 12.1. The van der Waals surface area contributed by atoms with Crippen LogP contribution in [0.4, 0.5) is 5.69 Å². The lowest BCUT2D eigenvalue weighted by molar-refractivity contribution is -0.116. The number of rotatable bonds is 8. The molecular formula is C18H22N2O3S. The van der Waals surface area contributed by atoms with E-state index >= 15 is 0 Å². The van der Waals surface area contributed by atoms with Crippen molar-refractivity contribution in [2.24, 2.45) is 0 Å². The summed E-state index contributed by atoms with van der Waals surface area (Å²) in [6, 6.07) is 18.9. The fraction of sp³-hybridized carbons (Fsp3) is 0.278. The highest BCUT2D eigenvalue weighted by Gasteiger charge is 2.19. The zero-order valence-corrected chi connectivity index (χ0v) is 14.5. The molecule has 0 saturated carbocycles. The van der Waals surface area contributed by atoms with E-state index in [1.54, 1.807) is 12.1 Å². The number of nitrogens with one attached hydrogen (secondary N) is 1. The quantitative estimate of drug-likeness (QED) is 0.799. The number of para-hydroxylation sites is 1. The predicted molar refractivity (Wildman–Crippen MR) is 96.3 cm³/mol. The molecule has 0 aromatic heterocycles. The van der Waals surface area contributed by atoms with E-state index in [0.717, 1.165) is 18.2 Å². The van der Waals surface area contributed by atoms with Gasteiger partial charge in [0.15, 0.2) is 0 Å². The van der Waals surface area contributed by atoms with Gasteiger partial charge < -0.3 is 5.32 Å². The van der Waals surface area contributed by atoms with Crippen LogP contribution in [0.2, 0.25) is 0 Å². The average Bonchev–Trinajstić information content (AvgIpc) is 2.55. The summed E-state index contributed by atoms with van der Waals surface area (Å²) in [6.45, 7) is 0.137. The van der Waals surface area contributed by atoms with Crippen LogP contribution in [0.1, 0.15) is 12.0 Å². The standard InChI is InChI=1S/C18H22N2O3S/c1-24(22,23)20(14-8-11-16-9-4-2-5-10-16)15-18(21)19-17-12-6-3-7-13-17/h2-7,9-10,12-13H,8,11,14-15H2,1H3,(H,19,21). The number of hydrogen-bond donors (Lipinski definition) is 1. The van der Waals surface area contributed by atoms with Gasteiger partial charge in [-0.25, -0.2) is 8.42 Å². The van der Waals surface area contributed by atoms with Crippen molar-refractivity contribution in [3.8, 4) is 0 Å². The molecule has 0 aliphatic carbocycles. The van der Waals surface area contributed by atoms with Crippen LogP contribution in [0.3, 0.4) is 0 Å². The molecule has 0 aliphatic rings. The van der Waals surface area contributed by atoms with Crippen LogP contribution in [0.5, 0.6) is 0 Å². The number of anilines is 1. The minimum absolute atomic E-state index is 0.178. The molecule has 0 radical (unpaired) electrons. The summed E-state index contributed by atoms with van der Waals surface area (Å²) >= 11 is 0. The molecule has 128 valence electrons. The Kier molecular flexibility index (Phi) is 6.52. The Morgan fingerprint density at radius 2 is 1.58 bits per heavy atom. The van der Waals surface area contributed by atoms with Crippen LogP contribution in [-0.2, 0) is 21.2 Å². The second kappa shape index (κ2) is 8.61. The Balaban J connectivity index is 1.90. The third kappa shape index (κ3) is 6.14. The van der Waals surface area contributed by atoms with Crippen molar-refractivity contribution in [2.45, 2.75) is 12.8 Å². The molecule has 1 N–H and O–H groups in total. The number of sulfonamides is 1. The van der Waals surface area contributed by atoms with Gasteiger partial charge in [0.25, 0.3) is 0 Å². The lowest BCUT2D eigenvalue weighted by atomic mass is 10.1. The summed E-state index contributed by atoms with van der Waals surface area (Å²) in [5, 5.41) is 2.71. The molecule has 2 rings (SSSR count). The van der Waals surface area contributed by atoms with Gasteiger partial charge in [0.1, 0.15) is 0 Å². The van der Waals surface area contributed by atoms with Crippen LogP contribution in [-0.4, -0.2) is 38.0 Å².